The van der Waals surface area contributed by atoms with Crippen LogP contribution in [-0.4, -0.2) is 35.5 Å². The molecule has 0 saturated heterocycles. The van der Waals surface area contributed by atoms with E-state index in [2.05, 4.69) is 37.6 Å². The average Bonchev–Trinajstić information content (AvgIpc) is 2.58. The lowest BCUT2D eigenvalue weighted by Crippen LogP contribution is -2.39. The zero-order chi connectivity index (χ0) is 16.4. The molecule has 7 heteroatoms. The Hall–Kier alpha value is -2.16. The topological polar surface area (TPSA) is 71.5 Å². The van der Waals surface area contributed by atoms with Crippen LogP contribution >= 0.6 is 22.6 Å². The van der Waals surface area contributed by atoms with Gasteiger partial charge in [0, 0.05) is 6.54 Å². The van der Waals surface area contributed by atoms with Crippen molar-refractivity contribution in [2.24, 2.45) is 0 Å². The summed E-state index contributed by atoms with van der Waals surface area (Å²) in [7, 11) is 1.35. The highest BCUT2D eigenvalue weighted by atomic mass is 127. The van der Waals surface area contributed by atoms with Gasteiger partial charge in [-0.3, -0.25) is 4.79 Å². The Kier molecular flexibility index (Phi) is 4.46. The number of rotatable bonds is 3. The van der Waals surface area contributed by atoms with E-state index in [0.717, 1.165) is 15.0 Å². The molecule has 0 radical (unpaired) electrons. The van der Waals surface area contributed by atoms with Gasteiger partial charge in [0.1, 0.15) is 3.70 Å². The van der Waals surface area contributed by atoms with Crippen molar-refractivity contribution in [3.8, 4) is 0 Å². The first-order valence-corrected chi connectivity index (χ1v) is 8.02. The molecule has 1 aliphatic heterocycles. The highest BCUT2D eigenvalue weighted by Crippen LogP contribution is 2.23. The third-order valence-electron chi connectivity index (χ3n) is 3.60. The third-order valence-corrected chi connectivity index (χ3v) is 4.19. The van der Waals surface area contributed by atoms with Crippen LogP contribution in [-0.2, 0) is 11.3 Å². The van der Waals surface area contributed by atoms with Crippen molar-refractivity contribution >= 4 is 40.2 Å². The molecule has 0 spiro atoms. The lowest BCUT2D eigenvalue weighted by atomic mass is 10.1. The number of pyridine rings is 1. The molecular weight excluding hydrogens is 409 g/mol. The van der Waals surface area contributed by atoms with Crippen LogP contribution in [0.4, 0.5) is 5.69 Å². The summed E-state index contributed by atoms with van der Waals surface area (Å²) in [4.78, 5) is 29.9. The van der Waals surface area contributed by atoms with Crippen molar-refractivity contribution in [2.75, 3.05) is 19.1 Å². The number of fused-ring (bicyclic) bond motifs is 1. The summed E-state index contributed by atoms with van der Waals surface area (Å²) in [6.07, 6.45) is 1.68. The lowest BCUT2D eigenvalue weighted by Gasteiger charge is -2.29. The zero-order valence-electron chi connectivity index (χ0n) is 12.4. The number of benzene rings is 1. The Balaban J connectivity index is 1.76. The van der Waals surface area contributed by atoms with Crippen molar-refractivity contribution in [2.45, 2.75) is 6.54 Å². The molecule has 1 N–H and O–H groups in total. The number of carbonyl (C=O) groups excluding carboxylic acids is 2. The number of amides is 1. The molecule has 1 aromatic carbocycles. The summed E-state index contributed by atoms with van der Waals surface area (Å²) in [6.45, 7) is 0.887. The number of esters is 1. The molecule has 2 heterocycles. The molecule has 0 unspecified atom stereocenters. The second-order valence-electron chi connectivity index (χ2n) is 5.08. The molecule has 118 valence electrons. The van der Waals surface area contributed by atoms with E-state index in [-0.39, 0.29) is 11.9 Å². The highest BCUT2D eigenvalue weighted by molar-refractivity contribution is 14.1. The zero-order valence-corrected chi connectivity index (χ0v) is 14.5. The van der Waals surface area contributed by atoms with E-state index in [1.807, 2.05) is 12.1 Å². The summed E-state index contributed by atoms with van der Waals surface area (Å²) >= 11 is 2.09. The first-order chi connectivity index (χ1) is 11.1. The van der Waals surface area contributed by atoms with Crippen molar-refractivity contribution in [3.05, 3.63) is 56.9 Å². The molecule has 2 aromatic rings. The molecule has 6 nitrogen and oxygen atoms in total. The maximum atomic E-state index is 12.6. The Labute approximate surface area is 147 Å². The number of carbonyl (C=O) groups is 2. The third kappa shape index (κ3) is 3.29. The van der Waals surface area contributed by atoms with Gasteiger partial charge in [0.25, 0.3) is 5.91 Å². The standard InChI is InChI=1S/C16H14IN3O3/c1-23-16(22)11-4-2-10(3-5-11)8-20-9-19-13-7-18-14(17)6-12(13)15(20)21/h2-7,19H,8-9H2,1H3. The summed E-state index contributed by atoms with van der Waals surface area (Å²) in [5.74, 6) is -0.403. The maximum Gasteiger partial charge on any atom is 0.337 e. The summed E-state index contributed by atoms with van der Waals surface area (Å²) in [5.41, 5.74) is 2.82. The van der Waals surface area contributed by atoms with Crippen LogP contribution in [0.2, 0.25) is 0 Å². The number of methoxy groups -OCH3 is 1. The fraction of sp³-hybridized carbons (Fsp3) is 0.188. The van der Waals surface area contributed by atoms with E-state index in [4.69, 9.17) is 0 Å². The number of anilines is 1. The molecular formula is C16H14IN3O3. The minimum absolute atomic E-state index is 0.0314. The first kappa shape index (κ1) is 15.7. The molecule has 0 bridgehead atoms. The van der Waals surface area contributed by atoms with Crippen LogP contribution in [0.5, 0.6) is 0 Å². The van der Waals surface area contributed by atoms with Gasteiger partial charge >= 0.3 is 5.97 Å². The fourth-order valence-electron chi connectivity index (χ4n) is 2.38. The molecule has 1 amide bonds. The summed E-state index contributed by atoms with van der Waals surface area (Å²) < 4.78 is 5.45. The van der Waals surface area contributed by atoms with Crippen LogP contribution in [0.15, 0.2) is 36.5 Å². The fourth-order valence-corrected chi connectivity index (χ4v) is 2.83. The summed E-state index contributed by atoms with van der Waals surface area (Å²) in [6, 6.07) is 8.82. The minimum Gasteiger partial charge on any atom is -0.465 e. The number of hydrogen-bond donors (Lipinski definition) is 1. The van der Waals surface area contributed by atoms with Crippen LogP contribution in [0.3, 0.4) is 0 Å². The van der Waals surface area contributed by atoms with Crippen molar-refractivity contribution in [1.82, 2.24) is 9.88 Å². The van der Waals surface area contributed by atoms with Gasteiger partial charge in [-0.25, -0.2) is 9.78 Å². The molecule has 0 atom stereocenters. The van der Waals surface area contributed by atoms with Crippen LogP contribution < -0.4 is 5.32 Å². The Morgan fingerprint density at radius 1 is 1.39 bits per heavy atom. The van der Waals surface area contributed by atoms with Gasteiger partial charge in [0.15, 0.2) is 0 Å². The van der Waals surface area contributed by atoms with Gasteiger partial charge in [-0.05, 0) is 46.4 Å². The molecule has 23 heavy (non-hydrogen) atoms. The molecule has 0 fully saturated rings. The molecule has 3 rings (SSSR count). The van der Waals surface area contributed by atoms with E-state index in [1.54, 1.807) is 29.3 Å². The number of nitrogens with zero attached hydrogens (tertiary/aromatic N) is 2. The van der Waals surface area contributed by atoms with Crippen LogP contribution in [0, 0.1) is 3.70 Å². The van der Waals surface area contributed by atoms with Gasteiger partial charge in [-0.1, -0.05) is 12.1 Å². The smallest absolute Gasteiger partial charge is 0.337 e. The number of hydrogen-bond acceptors (Lipinski definition) is 5. The number of ether oxygens (including phenoxy) is 1. The predicted octanol–water partition coefficient (Wildman–Crippen LogP) is 2.50. The Bertz CT molecular complexity index is 762. The lowest BCUT2D eigenvalue weighted by molar-refractivity contribution is 0.0600. The van der Waals surface area contributed by atoms with Gasteiger partial charge in [0.05, 0.1) is 36.8 Å². The minimum atomic E-state index is -0.372. The highest BCUT2D eigenvalue weighted by Gasteiger charge is 2.24. The van der Waals surface area contributed by atoms with Crippen molar-refractivity contribution < 1.29 is 14.3 Å². The monoisotopic (exact) mass is 423 g/mol. The second kappa shape index (κ2) is 6.53. The van der Waals surface area contributed by atoms with Crippen molar-refractivity contribution in [1.29, 1.82) is 0 Å². The van der Waals surface area contributed by atoms with Crippen molar-refractivity contribution in [3.63, 3.8) is 0 Å². The average molecular weight is 423 g/mol. The second-order valence-corrected chi connectivity index (χ2v) is 6.18. The van der Waals surface area contributed by atoms with Gasteiger partial charge < -0.3 is 15.0 Å². The van der Waals surface area contributed by atoms with E-state index in [0.29, 0.717) is 24.3 Å². The van der Waals surface area contributed by atoms with E-state index >= 15 is 0 Å². The van der Waals surface area contributed by atoms with E-state index in [1.165, 1.54) is 7.11 Å². The van der Waals surface area contributed by atoms with Gasteiger partial charge in [0.2, 0.25) is 0 Å². The Morgan fingerprint density at radius 2 is 2.13 bits per heavy atom. The van der Waals surface area contributed by atoms with E-state index in [9.17, 15) is 9.59 Å². The summed E-state index contributed by atoms with van der Waals surface area (Å²) in [5, 5.41) is 3.19. The van der Waals surface area contributed by atoms with Crippen LogP contribution in [0.1, 0.15) is 26.3 Å². The van der Waals surface area contributed by atoms with Gasteiger partial charge in [-0.2, -0.15) is 0 Å². The predicted molar refractivity (Wildman–Crippen MR) is 93.1 cm³/mol. The number of halogens is 1. The number of nitrogens with one attached hydrogen (secondary N) is 1. The van der Waals surface area contributed by atoms with E-state index < -0.39 is 0 Å². The van der Waals surface area contributed by atoms with Crippen LogP contribution in [0.25, 0.3) is 0 Å². The maximum absolute atomic E-state index is 12.6. The van der Waals surface area contributed by atoms with Gasteiger partial charge in [-0.15, -0.1) is 0 Å². The Morgan fingerprint density at radius 3 is 2.83 bits per heavy atom. The largest absolute Gasteiger partial charge is 0.465 e. The SMILES string of the molecule is COC(=O)c1ccc(CN2CNc3cnc(I)cc3C2=O)cc1. The molecule has 1 aromatic heterocycles. The molecule has 1 aliphatic rings. The molecule has 0 saturated carbocycles. The first-order valence-electron chi connectivity index (χ1n) is 6.94. The quantitative estimate of drug-likeness (QED) is 0.467. The normalized spacial score (nSPS) is 13.3. The number of aromatic nitrogens is 1. The molecule has 0 aliphatic carbocycles.